The fourth-order valence-corrected chi connectivity index (χ4v) is 7.97. The van der Waals surface area contributed by atoms with E-state index in [0.717, 1.165) is 22.3 Å². The molecule has 0 saturated heterocycles. The molecule has 0 fully saturated rings. The normalized spacial score (nSPS) is 12.8. The van der Waals surface area contributed by atoms with Crippen molar-refractivity contribution in [2.75, 3.05) is 0 Å². The van der Waals surface area contributed by atoms with Crippen molar-refractivity contribution in [2.45, 2.75) is 5.41 Å². The van der Waals surface area contributed by atoms with Crippen LogP contribution in [0, 0.1) is 17.9 Å². The Hall–Kier alpha value is -6.48. The molecule has 0 aromatic heterocycles. The molecule has 1 spiro atoms. The monoisotopic (exact) mass is 594 g/mol. The molecule has 9 rings (SSSR count). The average molecular weight is 595 g/mol. The molecule has 7 aromatic carbocycles. The molecule has 2 aliphatic carbocycles. The summed E-state index contributed by atoms with van der Waals surface area (Å²) < 4.78 is 0. The Morgan fingerprint density at radius 1 is 0.426 bits per heavy atom. The maximum absolute atomic E-state index is 9.73. The highest BCUT2D eigenvalue weighted by molar-refractivity contribution is 5.98. The van der Waals surface area contributed by atoms with Crippen molar-refractivity contribution in [3.63, 3.8) is 0 Å². The lowest BCUT2D eigenvalue weighted by molar-refractivity contribution is 0.776. The Balaban J connectivity index is 1.47. The molecule has 216 valence electrons. The summed E-state index contributed by atoms with van der Waals surface area (Å²) in [6.45, 7) is 7.66. The number of benzene rings is 7. The topological polar surface area (TPSA) is 28.1 Å². The molecular weight excluding hydrogens is 569 g/mol. The predicted octanol–water partition coefficient (Wildman–Crippen LogP) is 11.5. The standard InChI is InChI=1S/C45H26N2/c1-47-34-13-9-12-31(25-34)33-21-23-40-36-15-3-2-14-35(36)39-22-20-32(30-11-8-10-29(24-30)28-46)26-43(39)45(44(40)27-33)41-18-6-4-16-37(41)38-17-5-7-19-42(38)45/h2-27H. The largest absolute Gasteiger partial charge is 0.238 e. The van der Waals surface area contributed by atoms with E-state index in [1.165, 1.54) is 55.6 Å². The number of hydrogen-bond donors (Lipinski definition) is 0. The van der Waals surface area contributed by atoms with Gasteiger partial charge < -0.3 is 0 Å². The minimum atomic E-state index is -0.632. The van der Waals surface area contributed by atoms with Gasteiger partial charge in [-0.05, 0) is 108 Å². The maximum Gasteiger partial charge on any atom is 0.187 e. The third kappa shape index (κ3) is 3.83. The van der Waals surface area contributed by atoms with E-state index in [2.05, 4.69) is 132 Å². The van der Waals surface area contributed by atoms with Gasteiger partial charge in [-0.3, -0.25) is 0 Å². The second kappa shape index (κ2) is 10.3. The van der Waals surface area contributed by atoms with E-state index in [1.54, 1.807) is 0 Å². The summed E-state index contributed by atoms with van der Waals surface area (Å²) in [7, 11) is 0. The lowest BCUT2D eigenvalue weighted by atomic mass is 9.65. The Morgan fingerprint density at radius 3 is 1.45 bits per heavy atom. The van der Waals surface area contributed by atoms with Gasteiger partial charge in [-0.25, -0.2) is 4.85 Å². The van der Waals surface area contributed by atoms with E-state index in [9.17, 15) is 5.26 Å². The summed E-state index contributed by atoms with van der Waals surface area (Å²) in [5.41, 5.74) is 17.0. The van der Waals surface area contributed by atoms with E-state index in [1.807, 2.05) is 36.4 Å². The van der Waals surface area contributed by atoms with Gasteiger partial charge in [0.15, 0.2) is 5.69 Å². The summed E-state index contributed by atoms with van der Waals surface area (Å²) in [5.74, 6) is 0. The molecule has 0 radical (unpaired) electrons. The number of nitrogens with zero attached hydrogens (tertiary/aromatic N) is 2. The SMILES string of the molecule is [C-]#[N+]c1cccc(-c2ccc3c(c2)C2(c4cc(-c5cccc(C#N)c5)ccc4-c4ccccc4-3)c3ccccc3-c3ccccc32)c1. The van der Waals surface area contributed by atoms with Crippen LogP contribution in [0.5, 0.6) is 0 Å². The van der Waals surface area contributed by atoms with Gasteiger partial charge in [0.2, 0.25) is 0 Å². The molecular formula is C45H26N2. The average Bonchev–Trinajstić information content (AvgIpc) is 3.39. The van der Waals surface area contributed by atoms with Crippen LogP contribution in [0.15, 0.2) is 158 Å². The van der Waals surface area contributed by atoms with Crippen molar-refractivity contribution in [1.82, 2.24) is 0 Å². The zero-order valence-electron chi connectivity index (χ0n) is 25.4. The van der Waals surface area contributed by atoms with Gasteiger partial charge in [0, 0.05) is 0 Å². The Kier molecular flexibility index (Phi) is 5.88. The quantitative estimate of drug-likeness (QED) is 0.183. The Morgan fingerprint density at radius 2 is 0.894 bits per heavy atom. The van der Waals surface area contributed by atoms with Gasteiger partial charge in [0.25, 0.3) is 0 Å². The van der Waals surface area contributed by atoms with Gasteiger partial charge in [-0.1, -0.05) is 127 Å². The van der Waals surface area contributed by atoms with Crippen LogP contribution in [0.2, 0.25) is 0 Å². The first-order valence-corrected chi connectivity index (χ1v) is 15.8. The molecule has 0 aliphatic heterocycles. The highest BCUT2D eigenvalue weighted by atomic mass is 14.6. The van der Waals surface area contributed by atoms with Crippen LogP contribution in [-0.2, 0) is 5.41 Å². The van der Waals surface area contributed by atoms with Crippen LogP contribution < -0.4 is 0 Å². The molecule has 47 heavy (non-hydrogen) atoms. The van der Waals surface area contributed by atoms with Crippen LogP contribution in [0.4, 0.5) is 5.69 Å². The van der Waals surface area contributed by atoms with Crippen molar-refractivity contribution in [1.29, 1.82) is 5.26 Å². The highest BCUT2D eigenvalue weighted by Crippen LogP contribution is 2.62. The van der Waals surface area contributed by atoms with Crippen LogP contribution >= 0.6 is 0 Å². The zero-order valence-corrected chi connectivity index (χ0v) is 25.4. The van der Waals surface area contributed by atoms with Crippen LogP contribution in [-0.4, -0.2) is 0 Å². The summed E-state index contributed by atoms with van der Waals surface area (Å²) in [6.07, 6.45) is 0. The van der Waals surface area contributed by atoms with Gasteiger partial charge in [0.05, 0.1) is 23.6 Å². The molecule has 0 saturated carbocycles. The molecule has 7 aromatic rings. The van der Waals surface area contributed by atoms with Crippen molar-refractivity contribution in [3.8, 4) is 61.7 Å². The second-order valence-corrected chi connectivity index (χ2v) is 12.3. The summed E-state index contributed by atoms with van der Waals surface area (Å²) in [5, 5.41) is 9.73. The summed E-state index contributed by atoms with van der Waals surface area (Å²) >= 11 is 0. The van der Waals surface area contributed by atoms with E-state index in [4.69, 9.17) is 6.57 Å². The molecule has 0 heterocycles. The summed E-state index contributed by atoms with van der Waals surface area (Å²) in [6, 6.07) is 58.3. The molecule has 2 nitrogen and oxygen atoms in total. The van der Waals surface area contributed by atoms with Crippen molar-refractivity contribution >= 4 is 5.69 Å². The first-order valence-electron chi connectivity index (χ1n) is 15.8. The van der Waals surface area contributed by atoms with E-state index < -0.39 is 5.41 Å². The first kappa shape index (κ1) is 26.9. The number of fused-ring (bicyclic) bond motifs is 12. The molecule has 0 unspecified atom stereocenters. The zero-order chi connectivity index (χ0) is 31.5. The second-order valence-electron chi connectivity index (χ2n) is 12.3. The molecule has 0 N–H and O–H groups in total. The van der Waals surface area contributed by atoms with Crippen LogP contribution in [0.3, 0.4) is 0 Å². The van der Waals surface area contributed by atoms with Gasteiger partial charge in [-0.2, -0.15) is 5.26 Å². The summed E-state index contributed by atoms with van der Waals surface area (Å²) in [4.78, 5) is 3.73. The maximum atomic E-state index is 9.73. The molecule has 0 bridgehead atoms. The molecule has 0 atom stereocenters. The van der Waals surface area contributed by atoms with Gasteiger partial charge in [0.1, 0.15) is 0 Å². The van der Waals surface area contributed by atoms with Crippen molar-refractivity contribution in [3.05, 3.63) is 197 Å². The minimum Gasteiger partial charge on any atom is -0.238 e. The number of nitriles is 1. The minimum absolute atomic E-state index is 0.628. The van der Waals surface area contributed by atoms with Crippen molar-refractivity contribution in [2.24, 2.45) is 0 Å². The van der Waals surface area contributed by atoms with Crippen molar-refractivity contribution < 1.29 is 0 Å². The van der Waals surface area contributed by atoms with Gasteiger partial charge >= 0.3 is 0 Å². The molecule has 0 amide bonds. The van der Waals surface area contributed by atoms with E-state index in [-0.39, 0.29) is 0 Å². The molecule has 2 aliphatic rings. The highest BCUT2D eigenvalue weighted by Gasteiger charge is 2.49. The third-order valence-electron chi connectivity index (χ3n) is 9.94. The number of hydrogen-bond acceptors (Lipinski definition) is 1. The van der Waals surface area contributed by atoms with Crippen LogP contribution in [0.25, 0.3) is 60.5 Å². The van der Waals surface area contributed by atoms with E-state index in [0.29, 0.717) is 11.3 Å². The fraction of sp³-hybridized carbons (Fsp3) is 0.0222. The van der Waals surface area contributed by atoms with Crippen LogP contribution in [0.1, 0.15) is 27.8 Å². The van der Waals surface area contributed by atoms with Gasteiger partial charge in [-0.15, -0.1) is 0 Å². The number of rotatable bonds is 2. The smallest absolute Gasteiger partial charge is 0.187 e. The molecule has 2 heteroatoms. The predicted molar refractivity (Wildman–Crippen MR) is 190 cm³/mol. The Bertz CT molecular complexity index is 2330. The lowest BCUT2D eigenvalue weighted by Gasteiger charge is -2.36. The first-order chi connectivity index (χ1) is 23.2. The third-order valence-corrected chi connectivity index (χ3v) is 9.94. The lowest BCUT2D eigenvalue weighted by Crippen LogP contribution is -2.29. The fourth-order valence-electron chi connectivity index (χ4n) is 7.97. The van der Waals surface area contributed by atoms with E-state index >= 15 is 0 Å². The Labute approximate surface area is 274 Å².